The number of benzene rings is 1. The van der Waals surface area contributed by atoms with Crippen LogP contribution in [0.1, 0.15) is 44.6 Å². The number of likely N-dealkylation sites (tertiary alicyclic amines) is 2. The van der Waals surface area contributed by atoms with Crippen molar-refractivity contribution in [2.24, 2.45) is 5.92 Å². The molecule has 0 unspecified atom stereocenters. The SMILES string of the molecule is CCN1CCCC[C@H]1CN1CCC(Cc2ccccc2)CC1. The Bertz CT molecular complexity index is 423. The summed E-state index contributed by atoms with van der Waals surface area (Å²) >= 11 is 0. The predicted molar refractivity (Wildman–Crippen MR) is 94.2 cm³/mol. The topological polar surface area (TPSA) is 6.48 Å². The molecule has 3 rings (SSSR count). The van der Waals surface area contributed by atoms with Crippen LogP contribution in [0.15, 0.2) is 30.3 Å². The monoisotopic (exact) mass is 300 g/mol. The number of nitrogens with zero attached hydrogens (tertiary/aromatic N) is 2. The molecule has 2 fully saturated rings. The Morgan fingerprint density at radius 1 is 0.955 bits per heavy atom. The Balaban J connectivity index is 1.43. The van der Waals surface area contributed by atoms with Crippen LogP contribution < -0.4 is 0 Å². The first kappa shape index (κ1) is 16.0. The van der Waals surface area contributed by atoms with Gasteiger partial charge in [0.2, 0.25) is 0 Å². The van der Waals surface area contributed by atoms with Crippen molar-refractivity contribution >= 4 is 0 Å². The van der Waals surface area contributed by atoms with Crippen LogP contribution in [0.4, 0.5) is 0 Å². The van der Waals surface area contributed by atoms with Crippen LogP contribution in [0.2, 0.25) is 0 Å². The Morgan fingerprint density at radius 3 is 2.45 bits per heavy atom. The van der Waals surface area contributed by atoms with Gasteiger partial charge in [-0.1, -0.05) is 43.7 Å². The summed E-state index contributed by atoms with van der Waals surface area (Å²) in [5.41, 5.74) is 1.52. The van der Waals surface area contributed by atoms with E-state index in [0.717, 1.165) is 12.0 Å². The van der Waals surface area contributed by atoms with E-state index >= 15 is 0 Å². The zero-order valence-corrected chi connectivity index (χ0v) is 14.2. The van der Waals surface area contributed by atoms with Crippen molar-refractivity contribution in [1.82, 2.24) is 9.80 Å². The van der Waals surface area contributed by atoms with Crippen LogP contribution in [0.25, 0.3) is 0 Å². The second kappa shape index (κ2) is 8.12. The molecule has 1 aromatic rings. The van der Waals surface area contributed by atoms with E-state index in [1.165, 1.54) is 76.8 Å². The van der Waals surface area contributed by atoms with Gasteiger partial charge in [-0.15, -0.1) is 0 Å². The number of rotatable bonds is 5. The normalized spacial score (nSPS) is 25.4. The highest BCUT2D eigenvalue weighted by Crippen LogP contribution is 2.24. The Hall–Kier alpha value is -0.860. The highest BCUT2D eigenvalue weighted by atomic mass is 15.2. The Labute approximate surface area is 136 Å². The maximum atomic E-state index is 2.74. The molecule has 22 heavy (non-hydrogen) atoms. The Kier molecular flexibility index (Phi) is 5.91. The molecule has 0 bridgehead atoms. The minimum atomic E-state index is 0.824. The van der Waals surface area contributed by atoms with Gasteiger partial charge >= 0.3 is 0 Å². The molecular formula is C20H32N2. The molecule has 2 heteroatoms. The van der Waals surface area contributed by atoms with E-state index in [0.29, 0.717) is 0 Å². The standard InChI is InChI=1S/C20H32N2/c1-2-22-13-7-6-10-20(22)17-21-14-11-19(12-15-21)16-18-8-4-3-5-9-18/h3-5,8-9,19-20H,2,6-7,10-17H2,1H3/t20-/m0/s1. The highest BCUT2D eigenvalue weighted by Gasteiger charge is 2.26. The molecule has 0 aliphatic carbocycles. The van der Waals surface area contributed by atoms with Gasteiger partial charge in [0.15, 0.2) is 0 Å². The third kappa shape index (κ3) is 4.33. The van der Waals surface area contributed by atoms with Crippen LogP contribution in [0.3, 0.4) is 0 Å². The minimum Gasteiger partial charge on any atom is -0.302 e. The smallest absolute Gasteiger partial charge is 0.0223 e. The van der Waals surface area contributed by atoms with Gasteiger partial charge in [0.25, 0.3) is 0 Å². The fraction of sp³-hybridized carbons (Fsp3) is 0.700. The zero-order chi connectivity index (χ0) is 15.2. The largest absolute Gasteiger partial charge is 0.302 e. The van der Waals surface area contributed by atoms with Crippen molar-refractivity contribution in [1.29, 1.82) is 0 Å². The first-order chi connectivity index (χ1) is 10.8. The van der Waals surface area contributed by atoms with Gasteiger partial charge in [-0.3, -0.25) is 4.90 Å². The quantitative estimate of drug-likeness (QED) is 0.816. The van der Waals surface area contributed by atoms with Crippen LogP contribution in [0.5, 0.6) is 0 Å². The molecule has 2 saturated heterocycles. The first-order valence-corrected chi connectivity index (χ1v) is 9.35. The van der Waals surface area contributed by atoms with Crippen molar-refractivity contribution in [2.75, 3.05) is 32.7 Å². The first-order valence-electron chi connectivity index (χ1n) is 9.35. The number of piperidine rings is 2. The van der Waals surface area contributed by atoms with Gasteiger partial charge in [0.05, 0.1) is 0 Å². The molecule has 1 atom stereocenters. The zero-order valence-electron chi connectivity index (χ0n) is 14.2. The highest BCUT2D eigenvalue weighted by molar-refractivity contribution is 5.15. The molecule has 0 spiro atoms. The van der Waals surface area contributed by atoms with Gasteiger partial charge in [0.1, 0.15) is 0 Å². The average molecular weight is 300 g/mol. The molecule has 2 nitrogen and oxygen atoms in total. The van der Waals surface area contributed by atoms with E-state index in [4.69, 9.17) is 0 Å². The van der Waals surface area contributed by atoms with Crippen LogP contribution in [-0.2, 0) is 6.42 Å². The van der Waals surface area contributed by atoms with E-state index in [1.54, 1.807) is 0 Å². The fourth-order valence-electron chi connectivity index (χ4n) is 4.30. The molecule has 1 aromatic carbocycles. The Morgan fingerprint density at radius 2 is 1.73 bits per heavy atom. The van der Waals surface area contributed by atoms with Crippen molar-refractivity contribution in [3.63, 3.8) is 0 Å². The summed E-state index contributed by atoms with van der Waals surface area (Å²) in [6, 6.07) is 11.9. The molecule has 0 radical (unpaired) electrons. The minimum absolute atomic E-state index is 0.824. The van der Waals surface area contributed by atoms with Gasteiger partial charge in [0, 0.05) is 12.6 Å². The average Bonchev–Trinajstić information content (AvgIpc) is 2.58. The number of likely N-dealkylation sites (N-methyl/N-ethyl adjacent to an activating group) is 1. The second-order valence-corrected chi connectivity index (χ2v) is 7.21. The maximum Gasteiger partial charge on any atom is 0.0223 e. The third-order valence-corrected chi connectivity index (χ3v) is 5.70. The molecule has 2 aliphatic heterocycles. The van der Waals surface area contributed by atoms with Crippen LogP contribution >= 0.6 is 0 Å². The van der Waals surface area contributed by atoms with Gasteiger partial charge in [-0.2, -0.15) is 0 Å². The van der Waals surface area contributed by atoms with Crippen molar-refractivity contribution < 1.29 is 0 Å². The number of hydrogen-bond donors (Lipinski definition) is 0. The molecule has 0 aromatic heterocycles. The molecule has 2 aliphatic rings. The van der Waals surface area contributed by atoms with Gasteiger partial charge in [-0.05, 0) is 69.8 Å². The van der Waals surface area contributed by atoms with Crippen molar-refractivity contribution in [2.45, 2.75) is 51.5 Å². The summed E-state index contributed by atoms with van der Waals surface area (Å²) in [7, 11) is 0. The van der Waals surface area contributed by atoms with Crippen LogP contribution in [0, 0.1) is 5.92 Å². The van der Waals surface area contributed by atoms with E-state index in [2.05, 4.69) is 47.1 Å². The molecule has 0 N–H and O–H groups in total. The predicted octanol–water partition coefficient (Wildman–Crippen LogP) is 3.82. The molecule has 2 heterocycles. The van der Waals surface area contributed by atoms with E-state index in [1.807, 2.05) is 0 Å². The summed E-state index contributed by atoms with van der Waals surface area (Å²) in [6.45, 7) is 8.81. The maximum absolute atomic E-state index is 2.74. The summed E-state index contributed by atoms with van der Waals surface area (Å²) in [5, 5.41) is 0. The van der Waals surface area contributed by atoms with Gasteiger partial charge < -0.3 is 4.90 Å². The molecular weight excluding hydrogens is 268 g/mol. The molecule has 122 valence electrons. The summed E-state index contributed by atoms with van der Waals surface area (Å²) in [5.74, 6) is 0.896. The van der Waals surface area contributed by atoms with Crippen molar-refractivity contribution in [3.8, 4) is 0 Å². The fourth-order valence-corrected chi connectivity index (χ4v) is 4.30. The third-order valence-electron chi connectivity index (χ3n) is 5.70. The van der Waals surface area contributed by atoms with Gasteiger partial charge in [-0.25, -0.2) is 0 Å². The lowest BCUT2D eigenvalue weighted by molar-refractivity contribution is 0.0899. The van der Waals surface area contributed by atoms with Crippen LogP contribution in [-0.4, -0.2) is 48.6 Å². The lowest BCUT2D eigenvalue weighted by atomic mass is 9.89. The van der Waals surface area contributed by atoms with E-state index in [9.17, 15) is 0 Å². The van der Waals surface area contributed by atoms with Crippen molar-refractivity contribution in [3.05, 3.63) is 35.9 Å². The van der Waals surface area contributed by atoms with E-state index < -0.39 is 0 Å². The summed E-state index contributed by atoms with van der Waals surface area (Å²) in [6.07, 6.45) is 8.30. The molecule has 0 saturated carbocycles. The summed E-state index contributed by atoms with van der Waals surface area (Å²) in [4.78, 5) is 5.44. The molecule has 0 amide bonds. The number of hydrogen-bond acceptors (Lipinski definition) is 2. The lowest BCUT2D eigenvalue weighted by Gasteiger charge is -2.40. The second-order valence-electron chi connectivity index (χ2n) is 7.21. The summed E-state index contributed by atoms with van der Waals surface area (Å²) < 4.78 is 0. The lowest BCUT2D eigenvalue weighted by Crippen LogP contribution is -2.48. The van der Waals surface area contributed by atoms with E-state index in [-0.39, 0.29) is 0 Å².